The molecule has 1 aromatic carbocycles. The van der Waals surface area contributed by atoms with E-state index in [1.807, 2.05) is 0 Å². The number of benzene rings is 1. The van der Waals surface area contributed by atoms with Crippen LogP contribution in [0.5, 0.6) is 0 Å². The van der Waals surface area contributed by atoms with Crippen LogP contribution in [0.3, 0.4) is 0 Å². The standard InChI is InChI=1S/C19H21ClF2N2O/c1-23-13-7-6-12(10-13)19(25)24-18(11-4-2-3-5-11)16-15(21)9-8-14(20)17(16)22/h8-9,11-13,18H,2-7,10H2,(H,24,25)/t12?,13?,18-/m0/s1. The van der Waals surface area contributed by atoms with Crippen LogP contribution in [-0.4, -0.2) is 11.9 Å². The largest absolute Gasteiger partial charge is 0.349 e. The Kier molecular flexibility index (Phi) is 5.58. The predicted octanol–water partition coefficient (Wildman–Crippen LogP) is 5.05. The first kappa shape index (κ1) is 18.1. The molecule has 2 saturated carbocycles. The van der Waals surface area contributed by atoms with Gasteiger partial charge in [-0.2, -0.15) is 0 Å². The average molecular weight is 367 g/mol. The Labute approximate surface area is 151 Å². The summed E-state index contributed by atoms with van der Waals surface area (Å²) in [5, 5.41) is 2.75. The van der Waals surface area contributed by atoms with E-state index in [1.165, 1.54) is 6.07 Å². The zero-order valence-electron chi connectivity index (χ0n) is 13.9. The highest BCUT2D eigenvalue weighted by Gasteiger charge is 2.37. The quantitative estimate of drug-likeness (QED) is 0.587. The van der Waals surface area contributed by atoms with Gasteiger partial charge in [0, 0.05) is 24.3 Å². The zero-order valence-corrected chi connectivity index (χ0v) is 14.7. The predicted molar refractivity (Wildman–Crippen MR) is 91.9 cm³/mol. The Bertz CT molecular complexity index is 697. The van der Waals surface area contributed by atoms with Crippen molar-refractivity contribution in [3.8, 4) is 0 Å². The topological polar surface area (TPSA) is 33.5 Å². The number of rotatable bonds is 4. The lowest BCUT2D eigenvalue weighted by Crippen LogP contribution is -2.37. The lowest BCUT2D eigenvalue weighted by atomic mass is 9.90. The van der Waals surface area contributed by atoms with Crippen molar-refractivity contribution in [3.05, 3.63) is 45.8 Å². The minimum Gasteiger partial charge on any atom is -0.349 e. The minimum absolute atomic E-state index is 0.00415. The van der Waals surface area contributed by atoms with Crippen LogP contribution in [0.1, 0.15) is 56.6 Å². The number of nitrogens with zero attached hydrogens (tertiary/aromatic N) is 1. The van der Waals surface area contributed by atoms with Crippen LogP contribution >= 0.6 is 11.6 Å². The summed E-state index contributed by atoms with van der Waals surface area (Å²) in [5.41, 5.74) is -0.132. The lowest BCUT2D eigenvalue weighted by molar-refractivity contribution is -0.126. The SMILES string of the molecule is [C-]#[N+]C1CCC(C(=O)N[C@H](c2c(F)ccc(Cl)c2F)C2CCCC2)C1. The van der Waals surface area contributed by atoms with Crippen LogP contribution in [0, 0.1) is 30.0 Å². The van der Waals surface area contributed by atoms with Crippen molar-refractivity contribution in [2.75, 3.05) is 0 Å². The molecule has 3 nitrogen and oxygen atoms in total. The first-order valence-electron chi connectivity index (χ1n) is 8.81. The van der Waals surface area contributed by atoms with Gasteiger partial charge in [-0.15, -0.1) is 0 Å². The van der Waals surface area contributed by atoms with Crippen molar-refractivity contribution in [1.29, 1.82) is 0 Å². The number of hydrogen-bond donors (Lipinski definition) is 1. The van der Waals surface area contributed by atoms with E-state index in [1.54, 1.807) is 0 Å². The molecular formula is C19H21ClF2N2O. The molecule has 0 radical (unpaired) electrons. The Hall–Kier alpha value is -1.67. The normalized spacial score (nSPS) is 24.9. The molecule has 1 aromatic rings. The van der Waals surface area contributed by atoms with Gasteiger partial charge in [-0.3, -0.25) is 4.79 Å². The third kappa shape index (κ3) is 3.79. The Morgan fingerprint density at radius 2 is 1.96 bits per heavy atom. The van der Waals surface area contributed by atoms with Crippen LogP contribution in [0.2, 0.25) is 5.02 Å². The van der Waals surface area contributed by atoms with Crippen LogP contribution < -0.4 is 5.32 Å². The maximum atomic E-state index is 14.5. The number of amides is 1. The maximum absolute atomic E-state index is 14.5. The maximum Gasteiger partial charge on any atom is 0.224 e. The highest BCUT2D eigenvalue weighted by atomic mass is 35.5. The average Bonchev–Trinajstić information content (AvgIpc) is 3.28. The Morgan fingerprint density at radius 1 is 1.24 bits per heavy atom. The minimum atomic E-state index is -0.788. The molecular weight excluding hydrogens is 346 g/mol. The van der Waals surface area contributed by atoms with E-state index in [2.05, 4.69) is 10.2 Å². The fourth-order valence-electron chi connectivity index (χ4n) is 4.13. The first-order valence-corrected chi connectivity index (χ1v) is 9.19. The smallest absolute Gasteiger partial charge is 0.224 e. The lowest BCUT2D eigenvalue weighted by Gasteiger charge is -2.27. The number of carbonyl (C=O) groups is 1. The van der Waals surface area contributed by atoms with Crippen molar-refractivity contribution in [3.63, 3.8) is 0 Å². The molecule has 0 spiro atoms. The van der Waals surface area contributed by atoms with Gasteiger partial charge in [-0.1, -0.05) is 24.4 Å². The van der Waals surface area contributed by atoms with Gasteiger partial charge in [0.2, 0.25) is 11.9 Å². The first-order chi connectivity index (χ1) is 12.0. The molecule has 2 unspecified atom stereocenters. The van der Waals surface area contributed by atoms with Crippen molar-refractivity contribution in [1.82, 2.24) is 5.32 Å². The van der Waals surface area contributed by atoms with Gasteiger partial charge in [-0.05, 0) is 37.3 Å². The van der Waals surface area contributed by atoms with Crippen molar-refractivity contribution in [2.24, 2.45) is 11.8 Å². The van der Waals surface area contributed by atoms with E-state index in [-0.39, 0.29) is 34.4 Å². The second-order valence-electron chi connectivity index (χ2n) is 7.08. The van der Waals surface area contributed by atoms with E-state index in [0.717, 1.165) is 31.7 Å². The molecule has 2 aliphatic rings. The van der Waals surface area contributed by atoms with E-state index < -0.39 is 17.7 Å². The fourth-order valence-corrected chi connectivity index (χ4v) is 4.29. The third-order valence-electron chi connectivity index (χ3n) is 5.52. The van der Waals surface area contributed by atoms with Crippen molar-refractivity contribution in [2.45, 2.75) is 57.0 Å². The van der Waals surface area contributed by atoms with Gasteiger partial charge in [0.05, 0.1) is 11.1 Å². The molecule has 0 bridgehead atoms. The van der Waals surface area contributed by atoms with Gasteiger partial charge in [0.25, 0.3) is 0 Å². The van der Waals surface area contributed by atoms with Crippen molar-refractivity contribution >= 4 is 17.5 Å². The fraction of sp³-hybridized carbons (Fsp3) is 0.579. The van der Waals surface area contributed by atoms with Gasteiger partial charge < -0.3 is 10.2 Å². The molecule has 0 aromatic heterocycles. The molecule has 3 rings (SSSR count). The van der Waals surface area contributed by atoms with Gasteiger partial charge in [0.15, 0.2) is 0 Å². The highest BCUT2D eigenvalue weighted by Crippen LogP contribution is 2.39. The van der Waals surface area contributed by atoms with Crippen LogP contribution in [0.4, 0.5) is 8.78 Å². The molecule has 1 amide bonds. The molecule has 2 fully saturated rings. The van der Waals surface area contributed by atoms with E-state index in [9.17, 15) is 13.6 Å². The monoisotopic (exact) mass is 366 g/mol. The second kappa shape index (κ2) is 7.70. The third-order valence-corrected chi connectivity index (χ3v) is 5.81. The molecule has 2 aliphatic carbocycles. The summed E-state index contributed by atoms with van der Waals surface area (Å²) < 4.78 is 28.9. The zero-order chi connectivity index (χ0) is 18.0. The van der Waals surface area contributed by atoms with Gasteiger partial charge >= 0.3 is 0 Å². The molecule has 0 saturated heterocycles. The Balaban J connectivity index is 1.85. The van der Waals surface area contributed by atoms with E-state index in [4.69, 9.17) is 18.2 Å². The molecule has 25 heavy (non-hydrogen) atoms. The van der Waals surface area contributed by atoms with Crippen LogP contribution in [-0.2, 0) is 4.79 Å². The summed E-state index contributed by atoms with van der Waals surface area (Å²) in [6.07, 6.45) is 5.51. The summed E-state index contributed by atoms with van der Waals surface area (Å²) in [7, 11) is 0. The molecule has 134 valence electrons. The van der Waals surface area contributed by atoms with Crippen LogP contribution in [0.15, 0.2) is 12.1 Å². The van der Waals surface area contributed by atoms with Crippen molar-refractivity contribution < 1.29 is 13.6 Å². The van der Waals surface area contributed by atoms with E-state index >= 15 is 0 Å². The summed E-state index contributed by atoms with van der Waals surface area (Å²) in [6.45, 7) is 7.10. The van der Waals surface area contributed by atoms with Gasteiger partial charge in [0.1, 0.15) is 11.6 Å². The number of halogens is 3. The van der Waals surface area contributed by atoms with Crippen LogP contribution in [0.25, 0.3) is 4.85 Å². The van der Waals surface area contributed by atoms with E-state index in [0.29, 0.717) is 19.3 Å². The molecule has 1 N–H and O–H groups in total. The molecule has 0 aliphatic heterocycles. The number of nitrogens with one attached hydrogen (secondary N) is 1. The molecule has 6 heteroatoms. The number of hydrogen-bond acceptors (Lipinski definition) is 1. The summed E-state index contributed by atoms with van der Waals surface area (Å²) >= 11 is 5.85. The van der Waals surface area contributed by atoms with Gasteiger partial charge in [-0.25, -0.2) is 15.4 Å². The number of carbonyl (C=O) groups excluding carboxylic acids is 1. The summed E-state index contributed by atoms with van der Waals surface area (Å²) in [6, 6.07) is 1.51. The highest BCUT2D eigenvalue weighted by molar-refractivity contribution is 6.30. The summed E-state index contributed by atoms with van der Waals surface area (Å²) in [4.78, 5) is 16.2. The molecule has 0 heterocycles. The molecule has 3 atom stereocenters. The Morgan fingerprint density at radius 3 is 2.60 bits per heavy atom. The summed E-state index contributed by atoms with van der Waals surface area (Å²) in [5.74, 6) is -1.92. The second-order valence-corrected chi connectivity index (χ2v) is 7.49.